The minimum atomic E-state index is -4.64. The fourth-order valence-electron chi connectivity index (χ4n) is 2.47. The Balaban J connectivity index is 2.31. The fraction of sp³-hybridized carbons (Fsp3) is 0.238. The molecular formula is C21H19F3N2O3. The molecule has 152 valence electrons. The Morgan fingerprint density at radius 1 is 1.17 bits per heavy atom. The Kier molecular flexibility index (Phi) is 6.89. The second-order valence-electron chi connectivity index (χ2n) is 6.24. The van der Waals surface area contributed by atoms with E-state index in [0.29, 0.717) is 17.1 Å². The first-order valence-electron chi connectivity index (χ1n) is 8.59. The summed E-state index contributed by atoms with van der Waals surface area (Å²) < 4.78 is 50.1. The smallest absolute Gasteiger partial charge is 0.418 e. The van der Waals surface area contributed by atoms with E-state index in [1.807, 2.05) is 13.8 Å². The summed E-state index contributed by atoms with van der Waals surface area (Å²) in [6.45, 7) is 3.70. The number of nitrogens with one attached hydrogen (secondary N) is 1. The summed E-state index contributed by atoms with van der Waals surface area (Å²) in [4.78, 5) is 12.4. The van der Waals surface area contributed by atoms with Gasteiger partial charge in [0, 0.05) is 0 Å². The zero-order valence-electron chi connectivity index (χ0n) is 16.0. The number of hydrogen-bond acceptors (Lipinski definition) is 4. The van der Waals surface area contributed by atoms with Crippen LogP contribution in [0.15, 0.2) is 48.0 Å². The molecule has 0 aliphatic carbocycles. The van der Waals surface area contributed by atoms with Crippen molar-refractivity contribution in [2.75, 3.05) is 12.4 Å². The first-order valence-corrected chi connectivity index (χ1v) is 8.59. The van der Waals surface area contributed by atoms with Crippen LogP contribution in [-0.2, 0) is 11.0 Å². The second kappa shape index (κ2) is 9.15. The zero-order chi connectivity index (χ0) is 21.6. The third kappa shape index (κ3) is 5.75. The molecule has 8 heteroatoms. The molecule has 1 N–H and O–H groups in total. The zero-order valence-corrected chi connectivity index (χ0v) is 16.0. The third-order valence-electron chi connectivity index (χ3n) is 3.71. The monoisotopic (exact) mass is 404 g/mol. The van der Waals surface area contributed by atoms with Gasteiger partial charge in [-0.3, -0.25) is 4.79 Å². The molecule has 0 heterocycles. The van der Waals surface area contributed by atoms with Crippen LogP contribution in [-0.4, -0.2) is 19.1 Å². The molecule has 0 atom stereocenters. The number of ether oxygens (including phenoxy) is 2. The molecule has 0 fully saturated rings. The molecular weight excluding hydrogens is 385 g/mol. The van der Waals surface area contributed by atoms with Gasteiger partial charge in [-0.15, -0.1) is 0 Å². The fourth-order valence-corrected chi connectivity index (χ4v) is 2.47. The largest absolute Gasteiger partial charge is 0.493 e. The van der Waals surface area contributed by atoms with Gasteiger partial charge in [0.05, 0.1) is 24.5 Å². The number of benzene rings is 2. The van der Waals surface area contributed by atoms with Gasteiger partial charge in [0.15, 0.2) is 11.5 Å². The van der Waals surface area contributed by atoms with Crippen LogP contribution in [0.3, 0.4) is 0 Å². The van der Waals surface area contributed by atoms with Crippen molar-refractivity contribution in [2.24, 2.45) is 0 Å². The van der Waals surface area contributed by atoms with Crippen LogP contribution in [0.4, 0.5) is 18.9 Å². The molecule has 0 aliphatic heterocycles. The Bertz CT molecular complexity index is 960. The number of halogens is 3. The molecule has 2 aromatic rings. The van der Waals surface area contributed by atoms with E-state index in [2.05, 4.69) is 5.32 Å². The maximum absolute atomic E-state index is 13.1. The van der Waals surface area contributed by atoms with Gasteiger partial charge in [-0.25, -0.2) is 0 Å². The maximum Gasteiger partial charge on any atom is 0.418 e. The lowest BCUT2D eigenvalue weighted by atomic mass is 10.1. The highest BCUT2D eigenvalue weighted by atomic mass is 19.4. The van der Waals surface area contributed by atoms with Crippen LogP contribution in [0.1, 0.15) is 25.0 Å². The minimum Gasteiger partial charge on any atom is -0.493 e. The third-order valence-corrected chi connectivity index (χ3v) is 3.71. The molecule has 2 rings (SSSR count). The van der Waals surface area contributed by atoms with E-state index in [-0.39, 0.29) is 11.7 Å². The highest BCUT2D eigenvalue weighted by Crippen LogP contribution is 2.35. The van der Waals surface area contributed by atoms with Gasteiger partial charge in [0.2, 0.25) is 0 Å². The number of anilines is 1. The lowest BCUT2D eigenvalue weighted by Gasteiger charge is -2.14. The number of carbonyl (C=O) groups is 1. The predicted molar refractivity (Wildman–Crippen MR) is 102 cm³/mol. The normalized spacial score (nSPS) is 11.7. The molecule has 0 saturated heterocycles. The highest BCUT2D eigenvalue weighted by Gasteiger charge is 2.33. The number of methoxy groups -OCH3 is 1. The van der Waals surface area contributed by atoms with Crippen LogP contribution in [0, 0.1) is 11.3 Å². The van der Waals surface area contributed by atoms with Gasteiger partial charge in [-0.1, -0.05) is 18.2 Å². The van der Waals surface area contributed by atoms with Gasteiger partial charge < -0.3 is 14.8 Å². The number of para-hydroxylation sites is 1. The molecule has 0 radical (unpaired) electrons. The van der Waals surface area contributed by atoms with Gasteiger partial charge in [-0.05, 0) is 49.8 Å². The number of nitrogens with zero attached hydrogens (tertiary/aromatic N) is 1. The maximum atomic E-state index is 13.1. The summed E-state index contributed by atoms with van der Waals surface area (Å²) in [6, 6.07) is 11.0. The lowest BCUT2D eigenvalue weighted by molar-refractivity contribution is -0.137. The van der Waals surface area contributed by atoms with Crippen LogP contribution >= 0.6 is 0 Å². The topological polar surface area (TPSA) is 71.3 Å². The number of hydrogen-bond donors (Lipinski definition) is 1. The van der Waals surface area contributed by atoms with Crippen LogP contribution < -0.4 is 14.8 Å². The summed E-state index contributed by atoms with van der Waals surface area (Å²) >= 11 is 0. The van der Waals surface area contributed by atoms with E-state index in [4.69, 9.17) is 9.47 Å². The van der Waals surface area contributed by atoms with Gasteiger partial charge in [0.1, 0.15) is 11.6 Å². The Labute approximate surface area is 166 Å². The van der Waals surface area contributed by atoms with Crippen molar-refractivity contribution in [3.8, 4) is 17.6 Å². The number of amides is 1. The van der Waals surface area contributed by atoms with Crippen molar-refractivity contribution in [3.05, 3.63) is 59.2 Å². The van der Waals surface area contributed by atoms with E-state index in [1.165, 1.54) is 25.3 Å². The Morgan fingerprint density at radius 2 is 1.86 bits per heavy atom. The highest BCUT2D eigenvalue weighted by molar-refractivity contribution is 6.10. The van der Waals surface area contributed by atoms with E-state index >= 15 is 0 Å². The molecule has 2 aromatic carbocycles. The summed E-state index contributed by atoms with van der Waals surface area (Å²) in [5.41, 5.74) is -1.33. The average molecular weight is 404 g/mol. The van der Waals surface area contributed by atoms with E-state index in [9.17, 15) is 23.2 Å². The van der Waals surface area contributed by atoms with Gasteiger partial charge >= 0.3 is 6.18 Å². The van der Waals surface area contributed by atoms with Gasteiger partial charge in [-0.2, -0.15) is 18.4 Å². The predicted octanol–water partition coefficient (Wildman–Crippen LogP) is 5.05. The molecule has 0 saturated carbocycles. The van der Waals surface area contributed by atoms with Crippen LogP contribution in [0.25, 0.3) is 6.08 Å². The average Bonchev–Trinajstić information content (AvgIpc) is 2.66. The van der Waals surface area contributed by atoms with E-state index in [1.54, 1.807) is 24.3 Å². The summed E-state index contributed by atoms with van der Waals surface area (Å²) in [5.74, 6) is -0.0695. The molecule has 0 aromatic heterocycles. The standard InChI is InChI=1S/C21H19F3N2O3/c1-13(2)29-18-9-8-14(11-19(18)28-3)10-15(12-25)20(27)26-17-7-5-4-6-16(17)21(22,23)24/h4-11,13H,1-3H3,(H,26,27)/b15-10+. The van der Waals surface area contributed by atoms with Crippen molar-refractivity contribution in [1.29, 1.82) is 5.26 Å². The number of carbonyl (C=O) groups excluding carboxylic acids is 1. The number of alkyl halides is 3. The molecule has 1 amide bonds. The Hall–Kier alpha value is -3.47. The second-order valence-corrected chi connectivity index (χ2v) is 6.24. The van der Waals surface area contributed by atoms with Gasteiger partial charge in [0.25, 0.3) is 5.91 Å². The first kappa shape index (κ1) is 21.8. The van der Waals surface area contributed by atoms with Crippen molar-refractivity contribution >= 4 is 17.7 Å². The summed E-state index contributed by atoms with van der Waals surface area (Å²) in [6.07, 6.45) is -3.47. The minimum absolute atomic E-state index is 0.0839. The van der Waals surface area contributed by atoms with Crippen molar-refractivity contribution < 1.29 is 27.4 Å². The lowest BCUT2D eigenvalue weighted by Crippen LogP contribution is -2.17. The van der Waals surface area contributed by atoms with E-state index in [0.717, 1.165) is 12.1 Å². The van der Waals surface area contributed by atoms with Crippen molar-refractivity contribution in [3.63, 3.8) is 0 Å². The molecule has 29 heavy (non-hydrogen) atoms. The quantitative estimate of drug-likeness (QED) is 0.540. The SMILES string of the molecule is COc1cc(/C=C(\C#N)C(=O)Nc2ccccc2C(F)(F)F)ccc1OC(C)C. The molecule has 0 unspecified atom stereocenters. The summed E-state index contributed by atoms with van der Waals surface area (Å²) in [5, 5.41) is 11.5. The summed E-state index contributed by atoms with van der Waals surface area (Å²) in [7, 11) is 1.45. The Morgan fingerprint density at radius 3 is 2.45 bits per heavy atom. The first-order chi connectivity index (χ1) is 13.7. The number of rotatable bonds is 6. The van der Waals surface area contributed by atoms with E-state index < -0.39 is 23.3 Å². The van der Waals surface area contributed by atoms with Crippen molar-refractivity contribution in [2.45, 2.75) is 26.1 Å². The van der Waals surface area contributed by atoms with Crippen LogP contribution in [0.5, 0.6) is 11.5 Å². The molecule has 0 spiro atoms. The van der Waals surface area contributed by atoms with Crippen molar-refractivity contribution in [1.82, 2.24) is 0 Å². The molecule has 5 nitrogen and oxygen atoms in total. The number of nitriles is 1. The van der Waals surface area contributed by atoms with Crippen LogP contribution in [0.2, 0.25) is 0 Å². The molecule has 0 aliphatic rings. The molecule has 0 bridgehead atoms.